The van der Waals surface area contributed by atoms with Gasteiger partial charge in [0.1, 0.15) is 5.60 Å². The van der Waals surface area contributed by atoms with Crippen molar-refractivity contribution >= 4 is 34.2 Å². The number of fused-ring (bicyclic) bond motifs is 1. The Hall–Kier alpha value is -2.50. The van der Waals surface area contributed by atoms with Gasteiger partial charge in [0.25, 0.3) is 0 Å². The van der Waals surface area contributed by atoms with Gasteiger partial charge < -0.3 is 10.4 Å². The number of benzene rings is 1. The number of carbonyl (C=O) groups is 1. The Balaban J connectivity index is 1.67. The molecule has 1 atom stereocenters. The molecule has 0 spiro atoms. The summed E-state index contributed by atoms with van der Waals surface area (Å²) in [5.41, 5.74) is 0.668. The van der Waals surface area contributed by atoms with Crippen LogP contribution in [-0.4, -0.2) is 22.5 Å². The van der Waals surface area contributed by atoms with Gasteiger partial charge in [-0.2, -0.15) is 0 Å². The molecule has 2 aromatic heterocycles. The number of rotatable bonds is 5. The first-order valence-electron chi connectivity index (χ1n) is 7.62. The average Bonchev–Trinajstić information content (AvgIpc) is 3.14. The molecule has 0 saturated carbocycles. The van der Waals surface area contributed by atoms with Gasteiger partial charge in [-0.25, -0.2) is 0 Å². The molecule has 0 fully saturated rings. The molecule has 122 valence electrons. The SMILES string of the molecule is C[C@@](O)(CNC(=O)/C=C/c1cccc2cccnc12)c1cccs1. The summed E-state index contributed by atoms with van der Waals surface area (Å²) in [5.74, 6) is -0.250. The van der Waals surface area contributed by atoms with E-state index in [9.17, 15) is 9.90 Å². The van der Waals surface area contributed by atoms with Crippen LogP contribution < -0.4 is 5.32 Å². The van der Waals surface area contributed by atoms with Crippen LogP contribution in [0.2, 0.25) is 0 Å². The minimum Gasteiger partial charge on any atom is -0.383 e. The molecule has 3 rings (SSSR count). The van der Waals surface area contributed by atoms with Gasteiger partial charge in [0.05, 0.1) is 12.1 Å². The third kappa shape index (κ3) is 3.69. The molecule has 24 heavy (non-hydrogen) atoms. The van der Waals surface area contributed by atoms with Crippen molar-refractivity contribution in [2.24, 2.45) is 0 Å². The number of nitrogens with zero attached hydrogens (tertiary/aromatic N) is 1. The maximum atomic E-state index is 12.0. The topological polar surface area (TPSA) is 62.2 Å². The third-order valence-corrected chi connectivity index (χ3v) is 4.86. The second-order valence-electron chi connectivity index (χ2n) is 5.72. The van der Waals surface area contributed by atoms with Crippen molar-refractivity contribution in [1.29, 1.82) is 0 Å². The van der Waals surface area contributed by atoms with Crippen molar-refractivity contribution in [3.05, 3.63) is 70.6 Å². The van der Waals surface area contributed by atoms with E-state index < -0.39 is 5.60 Å². The molecule has 0 aliphatic heterocycles. The minimum atomic E-state index is -1.07. The fourth-order valence-electron chi connectivity index (χ4n) is 2.42. The molecular formula is C19H18N2O2S. The number of aliphatic hydroxyl groups is 1. The lowest BCUT2D eigenvalue weighted by Gasteiger charge is -2.21. The maximum Gasteiger partial charge on any atom is 0.244 e. The van der Waals surface area contributed by atoms with E-state index in [0.717, 1.165) is 21.3 Å². The summed E-state index contributed by atoms with van der Waals surface area (Å²) in [6.07, 6.45) is 4.94. The smallest absolute Gasteiger partial charge is 0.244 e. The summed E-state index contributed by atoms with van der Waals surface area (Å²) in [6.45, 7) is 1.85. The highest BCUT2D eigenvalue weighted by Gasteiger charge is 2.24. The van der Waals surface area contributed by atoms with Crippen LogP contribution in [0.1, 0.15) is 17.4 Å². The molecular weight excluding hydrogens is 320 g/mol. The van der Waals surface area contributed by atoms with E-state index in [1.807, 2.05) is 47.8 Å². The predicted molar refractivity (Wildman–Crippen MR) is 97.7 cm³/mol. The zero-order chi connectivity index (χ0) is 17.0. The van der Waals surface area contributed by atoms with Crippen LogP contribution in [-0.2, 0) is 10.4 Å². The van der Waals surface area contributed by atoms with Gasteiger partial charge in [-0.3, -0.25) is 9.78 Å². The predicted octanol–water partition coefficient (Wildman–Crippen LogP) is 3.33. The Labute approximate surface area is 144 Å². The van der Waals surface area contributed by atoms with Crippen molar-refractivity contribution in [2.75, 3.05) is 6.54 Å². The summed E-state index contributed by atoms with van der Waals surface area (Å²) in [6, 6.07) is 13.4. The normalized spacial score (nSPS) is 13.9. The van der Waals surface area contributed by atoms with Gasteiger partial charge >= 0.3 is 0 Å². The fourth-order valence-corrected chi connectivity index (χ4v) is 3.20. The number of aromatic nitrogens is 1. The monoisotopic (exact) mass is 338 g/mol. The standard InChI is InChI=1S/C19H18N2O2S/c1-19(23,16-8-4-12-24-16)13-21-17(22)10-9-15-6-2-5-14-7-3-11-20-18(14)15/h2-12,23H,13H2,1H3,(H,21,22)/b10-9+/t19-/m1/s1. The van der Waals surface area contributed by atoms with Gasteiger partial charge in [0, 0.05) is 28.1 Å². The largest absolute Gasteiger partial charge is 0.383 e. The molecule has 1 aromatic carbocycles. The van der Waals surface area contributed by atoms with Crippen LogP contribution in [0.25, 0.3) is 17.0 Å². The van der Waals surface area contributed by atoms with Crippen LogP contribution in [0, 0.1) is 0 Å². The van der Waals surface area contributed by atoms with Crippen molar-refractivity contribution in [3.8, 4) is 0 Å². The number of pyridine rings is 1. The highest BCUT2D eigenvalue weighted by atomic mass is 32.1. The second kappa shape index (κ2) is 6.95. The molecule has 0 radical (unpaired) electrons. The van der Waals surface area contributed by atoms with E-state index in [1.165, 1.54) is 17.4 Å². The molecule has 0 aliphatic rings. The summed E-state index contributed by atoms with van der Waals surface area (Å²) in [7, 11) is 0. The maximum absolute atomic E-state index is 12.0. The third-order valence-electron chi connectivity index (χ3n) is 3.74. The van der Waals surface area contributed by atoms with Gasteiger partial charge in [0.15, 0.2) is 0 Å². The number of thiophene rings is 1. The Morgan fingerprint density at radius 3 is 2.92 bits per heavy atom. The number of para-hydroxylation sites is 1. The molecule has 2 heterocycles. The second-order valence-corrected chi connectivity index (χ2v) is 6.67. The molecule has 4 nitrogen and oxygen atoms in total. The van der Waals surface area contributed by atoms with Crippen LogP contribution in [0.15, 0.2) is 60.1 Å². The van der Waals surface area contributed by atoms with E-state index in [0.29, 0.717) is 0 Å². The molecule has 5 heteroatoms. The fraction of sp³-hybridized carbons (Fsp3) is 0.158. The van der Waals surface area contributed by atoms with E-state index >= 15 is 0 Å². The average molecular weight is 338 g/mol. The van der Waals surface area contributed by atoms with E-state index in [4.69, 9.17) is 0 Å². The number of nitrogens with one attached hydrogen (secondary N) is 1. The van der Waals surface area contributed by atoms with Gasteiger partial charge in [-0.05, 0) is 30.5 Å². The van der Waals surface area contributed by atoms with Crippen molar-refractivity contribution in [3.63, 3.8) is 0 Å². The Morgan fingerprint density at radius 2 is 2.12 bits per heavy atom. The molecule has 0 saturated heterocycles. The number of hydrogen-bond acceptors (Lipinski definition) is 4. The molecule has 3 aromatic rings. The number of carbonyl (C=O) groups excluding carboxylic acids is 1. The highest BCUT2D eigenvalue weighted by Crippen LogP contribution is 2.24. The first-order chi connectivity index (χ1) is 11.6. The number of amides is 1. The molecule has 2 N–H and O–H groups in total. The zero-order valence-electron chi connectivity index (χ0n) is 13.3. The molecule has 0 bridgehead atoms. The summed E-state index contributed by atoms with van der Waals surface area (Å²) < 4.78 is 0. The van der Waals surface area contributed by atoms with Crippen LogP contribution in [0.4, 0.5) is 0 Å². The van der Waals surface area contributed by atoms with Gasteiger partial charge in [-0.1, -0.05) is 30.3 Å². The first-order valence-corrected chi connectivity index (χ1v) is 8.50. The Bertz CT molecular complexity index is 865. The Kier molecular flexibility index (Phi) is 4.74. The summed E-state index contributed by atoms with van der Waals surface area (Å²) >= 11 is 1.47. The first kappa shape index (κ1) is 16.4. The van der Waals surface area contributed by atoms with E-state index in [2.05, 4.69) is 10.3 Å². The van der Waals surface area contributed by atoms with Crippen LogP contribution in [0.3, 0.4) is 0 Å². The van der Waals surface area contributed by atoms with Gasteiger partial charge in [-0.15, -0.1) is 11.3 Å². The van der Waals surface area contributed by atoms with Crippen molar-refractivity contribution in [2.45, 2.75) is 12.5 Å². The van der Waals surface area contributed by atoms with E-state index in [-0.39, 0.29) is 12.5 Å². The zero-order valence-corrected chi connectivity index (χ0v) is 14.1. The van der Waals surface area contributed by atoms with Crippen LogP contribution >= 0.6 is 11.3 Å². The highest BCUT2D eigenvalue weighted by molar-refractivity contribution is 7.10. The molecule has 0 unspecified atom stereocenters. The lowest BCUT2D eigenvalue weighted by atomic mass is 10.1. The molecule has 1 amide bonds. The quantitative estimate of drug-likeness (QED) is 0.702. The Morgan fingerprint density at radius 1 is 1.29 bits per heavy atom. The summed E-state index contributed by atoms with van der Waals surface area (Å²) in [4.78, 5) is 17.2. The van der Waals surface area contributed by atoms with Gasteiger partial charge in [0.2, 0.25) is 5.91 Å². The number of hydrogen-bond donors (Lipinski definition) is 2. The van der Waals surface area contributed by atoms with Crippen molar-refractivity contribution < 1.29 is 9.90 Å². The van der Waals surface area contributed by atoms with E-state index in [1.54, 1.807) is 19.2 Å². The molecule has 0 aliphatic carbocycles. The summed E-state index contributed by atoms with van der Waals surface area (Å²) in [5, 5.41) is 16.1. The van der Waals surface area contributed by atoms with Crippen molar-refractivity contribution in [1.82, 2.24) is 10.3 Å². The lowest BCUT2D eigenvalue weighted by Crippen LogP contribution is -2.37. The lowest BCUT2D eigenvalue weighted by molar-refractivity contribution is -0.117. The van der Waals surface area contributed by atoms with Crippen LogP contribution in [0.5, 0.6) is 0 Å². The minimum absolute atomic E-state index is 0.157.